The lowest BCUT2D eigenvalue weighted by molar-refractivity contribution is -0.139. The highest BCUT2D eigenvalue weighted by Gasteiger charge is 2.32. The lowest BCUT2D eigenvalue weighted by Crippen LogP contribution is -2.48. The Balaban J connectivity index is 0.00000120. The molecule has 6 rings (SSSR count). The molecule has 2 aromatic heterocycles. The summed E-state index contributed by atoms with van der Waals surface area (Å²) in [6.45, 7) is 11.5. The first-order valence-electron chi connectivity index (χ1n) is 16.6. The van der Waals surface area contributed by atoms with Crippen LogP contribution in [0.1, 0.15) is 77.8 Å². The van der Waals surface area contributed by atoms with Crippen molar-refractivity contribution in [3.63, 3.8) is 0 Å². The first-order chi connectivity index (χ1) is 22.7. The van der Waals surface area contributed by atoms with E-state index in [0.717, 1.165) is 41.0 Å². The molecular formula is C37H48N6O3S. The highest BCUT2D eigenvalue weighted by atomic mass is 32.1. The van der Waals surface area contributed by atoms with Gasteiger partial charge in [-0.1, -0.05) is 52.0 Å². The van der Waals surface area contributed by atoms with Crippen molar-refractivity contribution >= 4 is 40.3 Å². The molecule has 1 fully saturated rings. The number of hydrogen-bond donors (Lipinski definition) is 2. The molecule has 0 radical (unpaired) electrons. The Labute approximate surface area is 282 Å². The monoisotopic (exact) mass is 656 g/mol. The molecule has 250 valence electrons. The molecule has 4 aromatic rings. The quantitative estimate of drug-likeness (QED) is 0.228. The SMILES string of the molecule is CC.CC.Cc1c(NC(=O)c2cc3c(s2)CCCC3)cccc1-c1cn(C)c(=O)c(Nc2ccc(C3C(=O)N(C)CCN3C)cc2)n1. The minimum Gasteiger partial charge on any atom is -0.343 e. The fraction of sp³-hybridized carbons (Fsp3) is 0.405. The van der Waals surface area contributed by atoms with Gasteiger partial charge in [0, 0.05) is 55.2 Å². The number of hydrogen-bond acceptors (Lipinski definition) is 7. The molecule has 47 heavy (non-hydrogen) atoms. The number of anilines is 3. The van der Waals surface area contributed by atoms with Crippen LogP contribution < -0.4 is 16.2 Å². The molecule has 10 heteroatoms. The molecule has 2 aliphatic rings. The second-order valence-electron chi connectivity index (χ2n) is 11.5. The summed E-state index contributed by atoms with van der Waals surface area (Å²) in [6.07, 6.45) is 6.16. The van der Waals surface area contributed by atoms with Gasteiger partial charge in [0.2, 0.25) is 5.91 Å². The second-order valence-corrected chi connectivity index (χ2v) is 12.6. The molecule has 1 aliphatic heterocycles. The molecule has 0 spiro atoms. The normalized spacial score (nSPS) is 15.9. The van der Waals surface area contributed by atoms with Crippen LogP contribution in [0.4, 0.5) is 17.2 Å². The smallest absolute Gasteiger partial charge is 0.293 e. The van der Waals surface area contributed by atoms with Crippen molar-refractivity contribution in [1.29, 1.82) is 0 Å². The van der Waals surface area contributed by atoms with Gasteiger partial charge >= 0.3 is 0 Å². The highest BCUT2D eigenvalue weighted by molar-refractivity contribution is 7.14. The summed E-state index contributed by atoms with van der Waals surface area (Å²) >= 11 is 1.59. The number of carbonyl (C=O) groups is 2. The van der Waals surface area contributed by atoms with E-state index >= 15 is 0 Å². The van der Waals surface area contributed by atoms with Gasteiger partial charge in [-0.25, -0.2) is 4.98 Å². The van der Waals surface area contributed by atoms with E-state index in [1.54, 1.807) is 29.5 Å². The summed E-state index contributed by atoms with van der Waals surface area (Å²) in [6, 6.07) is 15.0. The van der Waals surface area contributed by atoms with Crippen molar-refractivity contribution in [2.24, 2.45) is 7.05 Å². The van der Waals surface area contributed by atoms with E-state index in [-0.39, 0.29) is 29.2 Å². The number of benzene rings is 2. The van der Waals surface area contributed by atoms with Gasteiger partial charge in [0.15, 0.2) is 5.82 Å². The number of piperazine rings is 1. The van der Waals surface area contributed by atoms with Gasteiger partial charge in [-0.3, -0.25) is 19.3 Å². The summed E-state index contributed by atoms with van der Waals surface area (Å²) in [7, 11) is 5.48. The maximum absolute atomic E-state index is 13.2. The van der Waals surface area contributed by atoms with E-state index in [9.17, 15) is 14.4 Å². The molecule has 9 nitrogen and oxygen atoms in total. The van der Waals surface area contributed by atoms with Crippen molar-refractivity contribution in [3.05, 3.63) is 91.5 Å². The maximum atomic E-state index is 13.2. The van der Waals surface area contributed by atoms with E-state index in [2.05, 4.69) is 15.5 Å². The molecule has 0 saturated carbocycles. The number of likely N-dealkylation sites (N-methyl/N-ethyl adjacent to an activating group) is 2. The number of thiophene rings is 1. The molecule has 1 atom stereocenters. The van der Waals surface area contributed by atoms with E-state index < -0.39 is 0 Å². The van der Waals surface area contributed by atoms with Crippen molar-refractivity contribution < 1.29 is 9.59 Å². The number of nitrogens with zero attached hydrogens (tertiary/aromatic N) is 4. The van der Waals surface area contributed by atoms with Crippen LogP contribution in [0.2, 0.25) is 0 Å². The first kappa shape index (κ1) is 35.6. The summed E-state index contributed by atoms with van der Waals surface area (Å²) < 4.78 is 1.51. The Morgan fingerprint density at radius 1 is 0.936 bits per heavy atom. The zero-order valence-electron chi connectivity index (χ0n) is 28.9. The lowest BCUT2D eigenvalue weighted by Gasteiger charge is -2.37. The summed E-state index contributed by atoms with van der Waals surface area (Å²) in [5, 5.41) is 6.27. The minimum atomic E-state index is -0.330. The van der Waals surface area contributed by atoms with Crippen LogP contribution in [0, 0.1) is 6.92 Å². The first-order valence-corrected chi connectivity index (χ1v) is 17.4. The van der Waals surface area contributed by atoms with Crippen LogP contribution in [-0.2, 0) is 24.7 Å². The van der Waals surface area contributed by atoms with Gasteiger partial charge in [0.25, 0.3) is 11.5 Å². The molecule has 0 bridgehead atoms. The van der Waals surface area contributed by atoms with E-state index in [1.807, 2.05) is 97.2 Å². The average Bonchev–Trinajstić information content (AvgIpc) is 3.53. The Hall–Kier alpha value is -4.28. The van der Waals surface area contributed by atoms with Gasteiger partial charge in [-0.15, -0.1) is 11.3 Å². The van der Waals surface area contributed by atoms with Crippen LogP contribution in [0.15, 0.2) is 59.5 Å². The van der Waals surface area contributed by atoms with Crippen LogP contribution in [0.5, 0.6) is 0 Å². The number of aryl methyl sites for hydroxylation is 3. The molecule has 1 unspecified atom stereocenters. The molecular weight excluding hydrogens is 609 g/mol. The lowest BCUT2D eigenvalue weighted by atomic mass is 9.99. The Kier molecular flexibility index (Phi) is 12.1. The average molecular weight is 657 g/mol. The largest absolute Gasteiger partial charge is 0.343 e. The van der Waals surface area contributed by atoms with Crippen molar-refractivity contribution in [2.75, 3.05) is 37.8 Å². The van der Waals surface area contributed by atoms with Gasteiger partial charge in [0.1, 0.15) is 6.04 Å². The minimum absolute atomic E-state index is 0.0704. The zero-order chi connectivity index (χ0) is 34.2. The van der Waals surface area contributed by atoms with Crippen molar-refractivity contribution in [3.8, 4) is 11.3 Å². The summed E-state index contributed by atoms with van der Waals surface area (Å²) in [5.74, 6) is 0.156. The van der Waals surface area contributed by atoms with Crippen LogP contribution in [0.3, 0.4) is 0 Å². The summed E-state index contributed by atoms with van der Waals surface area (Å²) in [5.41, 5.74) is 5.64. The van der Waals surface area contributed by atoms with Crippen molar-refractivity contribution in [2.45, 2.75) is 66.3 Å². The maximum Gasteiger partial charge on any atom is 0.293 e. The van der Waals surface area contributed by atoms with E-state index in [1.165, 1.54) is 27.8 Å². The number of carbonyl (C=O) groups excluding carboxylic acids is 2. The fourth-order valence-electron chi connectivity index (χ4n) is 5.88. The number of amides is 2. The number of rotatable bonds is 6. The second kappa shape index (κ2) is 16.0. The third kappa shape index (κ3) is 7.82. The fourth-order valence-corrected chi connectivity index (χ4v) is 7.03. The number of fused-ring (bicyclic) bond motifs is 1. The van der Waals surface area contributed by atoms with E-state index in [0.29, 0.717) is 23.6 Å². The Morgan fingerprint density at radius 3 is 2.34 bits per heavy atom. The topological polar surface area (TPSA) is 99.6 Å². The van der Waals surface area contributed by atoms with Crippen LogP contribution in [0.25, 0.3) is 11.3 Å². The van der Waals surface area contributed by atoms with Gasteiger partial charge in [0.05, 0.1) is 10.6 Å². The summed E-state index contributed by atoms with van der Waals surface area (Å²) in [4.78, 5) is 49.6. The molecule has 1 aliphatic carbocycles. The Bertz CT molecular complexity index is 1740. The molecule has 2 aromatic carbocycles. The van der Waals surface area contributed by atoms with Gasteiger partial charge in [-0.05, 0) is 80.6 Å². The predicted octanol–water partition coefficient (Wildman–Crippen LogP) is 7.19. The van der Waals surface area contributed by atoms with E-state index in [4.69, 9.17) is 4.98 Å². The van der Waals surface area contributed by atoms with Gasteiger partial charge < -0.3 is 20.1 Å². The van der Waals surface area contributed by atoms with Crippen LogP contribution >= 0.6 is 11.3 Å². The molecule has 3 heterocycles. The standard InChI is InChI=1S/C33H36N6O3S.2C2H6/c1-20-24(9-7-10-25(20)36-31(40)28-18-22-8-5-6-11-27(22)43-28)26-19-39(4)33(42)30(35-26)34-23-14-12-21(13-15-23)29-32(41)38(3)17-16-37(29)2;2*1-2/h7,9-10,12-15,18-19,29H,5-6,8,11,16-17H2,1-4H3,(H,34,35)(H,36,40);2*1-2H3. The van der Waals surface area contributed by atoms with Gasteiger partial charge in [-0.2, -0.15) is 0 Å². The van der Waals surface area contributed by atoms with Crippen LogP contribution in [-0.4, -0.2) is 58.4 Å². The number of nitrogens with one attached hydrogen (secondary N) is 2. The predicted molar refractivity (Wildman–Crippen MR) is 194 cm³/mol. The van der Waals surface area contributed by atoms with Crippen molar-refractivity contribution in [1.82, 2.24) is 19.4 Å². The zero-order valence-corrected chi connectivity index (χ0v) is 29.8. The molecule has 1 saturated heterocycles. The third-order valence-electron chi connectivity index (χ3n) is 8.48. The molecule has 2 amide bonds. The highest BCUT2D eigenvalue weighted by Crippen LogP contribution is 2.32. The number of aromatic nitrogens is 2. The Morgan fingerprint density at radius 2 is 1.64 bits per heavy atom. The molecule has 2 N–H and O–H groups in total. The third-order valence-corrected chi connectivity index (χ3v) is 9.71.